The molecule has 5 rings (SSSR count). The van der Waals surface area contributed by atoms with Crippen molar-refractivity contribution in [1.82, 2.24) is 14.5 Å². The maximum atomic E-state index is 12.5. The molecule has 0 saturated carbocycles. The molecular weight excluding hydrogens is 559 g/mol. The van der Waals surface area contributed by atoms with Crippen LogP contribution in [-0.4, -0.2) is 55.9 Å². The number of carbonyl (C=O) groups is 1. The van der Waals surface area contributed by atoms with Crippen molar-refractivity contribution in [2.24, 2.45) is 4.99 Å². The predicted molar refractivity (Wildman–Crippen MR) is 150 cm³/mol. The van der Waals surface area contributed by atoms with Crippen LogP contribution in [0.25, 0.3) is 0 Å². The van der Waals surface area contributed by atoms with Gasteiger partial charge in [0.2, 0.25) is 12.3 Å². The lowest BCUT2D eigenvalue weighted by Crippen LogP contribution is -2.35. The second-order valence-electron chi connectivity index (χ2n) is 9.27. The zero-order valence-electron chi connectivity index (χ0n) is 21.5. The molecule has 15 heteroatoms. The van der Waals surface area contributed by atoms with Gasteiger partial charge in [-0.2, -0.15) is 10.1 Å². The topological polar surface area (TPSA) is 155 Å². The molecule has 1 saturated heterocycles. The van der Waals surface area contributed by atoms with Gasteiger partial charge in [-0.1, -0.05) is 6.42 Å². The number of non-ortho nitro benzene ring substituents is 2. The molecular formula is C25H25N6O7PS. The van der Waals surface area contributed by atoms with Crippen LogP contribution in [0.1, 0.15) is 40.9 Å². The Hall–Kier alpha value is -4.00. The van der Waals surface area contributed by atoms with Gasteiger partial charge in [-0.05, 0) is 55.8 Å². The van der Waals surface area contributed by atoms with Crippen molar-refractivity contribution < 1.29 is 23.9 Å². The van der Waals surface area contributed by atoms with Gasteiger partial charge >= 0.3 is 5.97 Å². The summed E-state index contributed by atoms with van der Waals surface area (Å²) in [6, 6.07) is 11.1. The van der Waals surface area contributed by atoms with E-state index in [0.717, 1.165) is 37.7 Å². The van der Waals surface area contributed by atoms with Crippen LogP contribution in [0.5, 0.6) is 0 Å². The maximum absolute atomic E-state index is 12.5. The van der Waals surface area contributed by atoms with Gasteiger partial charge in [0.05, 0.1) is 27.6 Å². The van der Waals surface area contributed by atoms with Gasteiger partial charge in [0, 0.05) is 42.9 Å². The van der Waals surface area contributed by atoms with E-state index in [1.54, 1.807) is 16.8 Å². The summed E-state index contributed by atoms with van der Waals surface area (Å²) in [4.78, 5) is 38.2. The van der Waals surface area contributed by atoms with Crippen molar-refractivity contribution in [3.8, 4) is 0 Å². The second-order valence-corrected chi connectivity index (χ2v) is 13.0. The molecule has 1 atom stereocenters. The summed E-state index contributed by atoms with van der Waals surface area (Å²) in [6.07, 6.45) is 0.293. The lowest BCUT2D eigenvalue weighted by Gasteiger charge is -2.38. The Morgan fingerprint density at radius 2 is 1.62 bits per heavy atom. The molecule has 0 amide bonds. The fraction of sp³-hybridized carbons (Fsp3) is 0.320. The first-order valence-electron chi connectivity index (χ1n) is 12.6. The molecule has 2 aromatic carbocycles. The molecule has 1 unspecified atom stereocenters. The Bertz CT molecular complexity index is 1550. The summed E-state index contributed by atoms with van der Waals surface area (Å²) >= 11 is 6.26. The van der Waals surface area contributed by atoms with E-state index in [-0.39, 0.29) is 36.0 Å². The number of benzene rings is 2. The van der Waals surface area contributed by atoms with E-state index in [0.29, 0.717) is 17.1 Å². The van der Waals surface area contributed by atoms with Crippen LogP contribution in [0.3, 0.4) is 0 Å². The third-order valence-corrected chi connectivity index (χ3v) is 10.8. The smallest absolute Gasteiger partial charge is 0.338 e. The number of hydrogen-bond donors (Lipinski definition) is 0. The molecule has 2 aliphatic rings. The summed E-state index contributed by atoms with van der Waals surface area (Å²) in [7, 11) is 0. The number of fused-ring (bicyclic) bond motifs is 1. The minimum atomic E-state index is -2.80. The molecule has 3 aromatic rings. The van der Waals surface area contributed by atoms with E-state index in [2.05, 4.69) is 9.77 Å². The molecule has 0 bridgehead atoms. The lowest BCUT2D eigenvalue weighted by molar-refractivity contribution is -0.385. The number of nitro groups is 2. The van der Waals surface area contributed by atoms with E-state index >= 15 is 0 Å². The second kappa shape index (κ2) is 11.2. The molecule has 1 fully saturated rings. The van der Waals surface area contributed by atoms with Crippen molar-refractivity contribution in [2.75, 3.05) is 19.7 Å². The molecule has 0 spiro atoms. The SMILES string of the molecule is Cc1nn(CCOC(=O)c2ccc([N+](=O)[O-])cc2)c2c1P(=S)(N1CCCCC1)OC(c1ccc([N+](=O)[O-])cc1)=N2. The van der Waals surface area contributed by atoms with Crippen LogP contribution >= 0.6 is 6.42 Å². The third-order valence-electron chi connectivity index (χ3n) is 6.65. The number of ether oxygens (including phenoxy) is 1. The Kier molecular flexibility index (Phi) is 7.74. The molecule has 208 valence electrons. The number of nitro benzene ring substituents is 2. The molecule has 0 radical (unpaired) electrons. The fourth-order valence-electron chi connectivity index (χ4n) is 4.65. The third kappa shape index (κ3) is 5.37. The zero-order valence-corrected chi connectivity index (χ0v) is 23.2. The quantitative estimate of drug-likeness (QED) is 0.161. The zero-order chi connectivity index (χ0) is 28.4. The molecule has 0 N–H and O–H groups in total. The Morgan fingerprint density at radius 1 is 1.02 bits per heavy atom. The molecule has 13 nitrogen and oxygen atoms in total. The molecule has 3 heterocycles. The highest BCUT2D eigenvalue weighted by atomic mass is 32.4. The first kappa shape index (κ1) is 27.6. The Balaban J connectivity index is 1.43. The number of hydrogen-bond acceptors (Lipinski definition) is 10. The number of aliphatic imine (C=N–C) groups is 1. The van der Waals surface area contributed by atoms with E-state index in [1.807, 2.05) is 6.92 Å². The number of esters is 1. The first-order chi connectivity index (χ1) is 19.2. The van der Waals surface area contributed by atoms with Gasteiger partial charge in [0.15, 0.2) is 5.82 Å². The number of rotatable bonds is 8. The maximum Gasteiger partial charge on any atom is 0.338 e. The Morgan fingerprint density at radius 3 is 2.23 bits per heavy atom. The van der Waals surface area contributed by atoms with E-state index < -0.39 is 22.2 Å². The summed E-state index contributed by atoms with van der Waals surface area (Å²) in [5, 5.41) is 27.4. The minimum absolute atomic E-state index is 0.0286. The van der Waals surface area contributed by atoms with Gasteiger partial charge in [0.1, 0.15) is 11.9 Å². The van der Waals surface area contributed by atoms with Crippen LogP contribution < -0.4 is 5.30 Å². The molecule has 2 aliphatic heterocycles. The van der Waals surface area contributed by atoms with Crippen molar-refractivity contribution >= 4 is 52.6 Å². The number of carbonyl (C=O) groups excluding carboxylic acids is 1. The highest BCUT2D eigenvalue weighted by Gasteiger charge is 2.41. The first-order valence-corrected chi connectivity index (χ1v) is 15.2. The lowest BCUT2D eigenvalue weighted by atomic mass is 10.2. The molecule has 0 aliphatic carbocycles. The largest absolute Gasteiger partial charge is 0.460 e. The van der Waals surface area contributed by atoms with Crippen LogP contribution in [0, 0.1) is 27.2 Å². The summed E-state index contributed by atoms with van der Waals surface area (Å²) in [5.74, 6) is 0.155. The van der Waals surface area contributed by atoms with Crippen LogP contribution in [0.4, 0.5) is 17.2 Å². The fourth-order valence-corrected chi connectivity index (χ4v) is 8.54. The van der Waals surface area contributed by atoms with Crippen LogP contribution in [0.15, 0.2) is 53.5 Å². The van der Waals surface area contributed by atoms with Crippen molar-refractivity contribution in [3.63, 3.8) is 0 Å². The average molecular weight is 585 g/mol. The van der Waals surface area contributed by atoms with Crippen LogP contribution in [-0.2, 0) is 27.6 Å². The summed E-state index contributed by atoms with van der Waals surface area (Å²) < 4.78 is 15.7. The summed E-state index contributed by atoms with van der Waals surface area (Å²) in [5.41, 5.74) is 1.25. The van der Waals surface area contributed by atoms with Crippen LogP contribution in [0.2, 0.25) is 0 Å². The van der Waals surface area contributed by atoms with Gasteiger partial charge in [0.25, 0.3) is 11.4 Å². The number of nitrogens with zero attached hydrogens (tertiary/aromatic N) is 6. The number of piperidine rings is 1. The standard InChI is InChI=1S/C25H25N6O7PS/c1-17-22-23(29(27-17)15-16-37-25(32)19-7-11-21(12-8-19)31(35)36)26-24(18-5-9-20(10-6-18)30(33)34)38-39(22,40)28-13-3-2-4-14-28/h5-12H,2-4,13-16H2,1H3. The number of aryl methyl sites for hydroxylation is 1. The molecule has 1 aromatic heterocycles. The average Bonchev–Trinajstić information content (AvgIpc) is 3.29. The van der Waals surface area contributed by atoms with Gasteiger partial charge in [-0.15, -0.1) is 0 Å². The highest BCUT2D eigenvalue weighted by molar-refractivity contribution is 8.15. The molecule has 40 heavy (non-hydrogen) atoms. The van der Waals surface area contributed by atoms with Gasteiger partial charge in [-0.25, -0.2) is 14.1 Å². The van der Waals surface area contributed by atoms with E-state index in [1.165, 1.54) is 36.4 Å². The van der Waals surface area contributed by atoms with Crippen molar-refractivity contribution in [2.45, 2.75) is 32.7 Å². The monoisotopic (exact) mass is 584 g/mol. The van der Waals surface area contributed by atoms with E-state index in [4.69, 9.17) is 26.1 Å². The minimum Gasteiger partial charge on any atom is -0.460 e. The number of aromatic nitrogens is 2. The summed E-state index contributed by atoms with van der Waals surface area (Å²) in [6.45, 7) is 3.56. The predicted octanol–water partition coefficient (Wildman–Crippen LogP) is 4.39. The van der Waals surface area contributed by atoms with Crippen molar-refractivity contribution in [1.29, 1.82) is 0 Å². The highest BCUT2D eigenvalue weighted by Crippen LogP contribution is 2.56. The van der Waals surface area contributed by atoms with Crippen molar-refractivity contribution in [3.05, 3.63) is 85.6 Å². The Labute approximate surface area is 233 Å². The van der Waals surface area contributed by atoms with Gasteiger partial charge in [-0.3, -0.25) is 20.2 Å². The van der Waals surface area contributed by atoms with E-state index in [9.17, 15) is 25.0 Å². The normalized spacial score (nSPS) is 18.8. The van der Waals surface area contributed by atoms with Gasteiger partial charge < -0.3 is 9.26 Å².